The van der Waals surface area contributed by atoms with Gasteiger partial charge in [-0.25, -0.2) is 4.39 Å². The van der Waals surface area contributed by atoms with Gasteiger partial charge in [-0.15, -0.1) is 0 Å². The van der Waals surface area contributed by atoms with Crippen molar-refractivity contribution in [3.8, 4) is 0 Å². The number of carbonyl (C=O) groups is 2. The van der Waals surface area contributed by atoms with Crippen LogP contribution in [0.25, 0.3) is 0 Å². The summed E-state index contributed by atoms with van der Waals surface area (Å²) in [5.41, 5.74) is 0.463. The monoisotopic (exact) mass is 379 g/mol. The van der Waals surface area contributed by atoms with Crippen molar-refractivity contribution >= 4 is 49.4 Å². The quantitative estimate of drug-likeness (QED) is 0.858. The van der Waals surface area contributed by atoms with Crippen LogP contribution in [0, 0.1) is 11.7 Å². The molecule has 96 valence electrons. The Morgan fingerprint density at radius 2 is 1.94 bits per heavy atom. The largest absolute Gasteiger partial charge is 0.481 e. The predicted octanol–water partition coefficient (Wildman–Crippen LogP) is 2.79. The van der Waals surface area contributed by atoms with Crippen molar-refractivity contribution in [2.24, 2.45) is 5.92 Å². The fraction of sp³-hybridized carbons (Fsp3) is 0.273. The highest BCUT2D eigenvalue weighted by molar-refractivity contribution is 9.11. The molecule has 1 unspecified atom stereocenters. The van der Waals surface area contributed by atoms with E-state index in [1.54, 1.807) is 0 Å². The summed E-state index contributed by atoms with van der Waals surface area (Å²) in [4.78, 5) is 24.0. The lowest BCUT2D eigenvalue weighted by atomic mass is 10.1. The molecular weight excluding hydrogens is 373 g/mol. The third-order valence-corrected chi connectivity index (χ3v) is 3.93. The van der Waals surface area contributed by atoms with E-state index in [9.17, 15) is 14.0 Å². The van der Waals surface area contributed by atoms with Crippen LogP contribution in [-0.4, -0.2) is 23.5 Å². The van der Waals surface area contributed by atoms with Crippen LogP contribution in [-0.2, 0) is 9.59 Å². The molecule has 18 heavy (non-hydrogen) atoms. The summed E-state index contributed by atoms with van der Waals surface area (Å²) >= 11 is 6.36. The number of hydrogen-bond acceptors (Lipinski definition) is 2. The Balaban J connectivity index is 2.39. The van der Waals surface area contributed by atoms with Gasteiger partial charge in [-0.3, -0.25) is 9.59 Å². The minimum atomic E-state index is -1.000. The van der Waals surface area contributed by atoms with Crippen LogP contribution in [0.15, 0.2) is 21.1 Å². The van der Waals surface area contributed by atoms with Gasteiger partial charge in [0, 0.05) is 21.9 Å². The summed E-state index contributed by atoms with van der Waals surface area (Å²) in [6.45, 7) is 0.0942. The third-order valence-electron chi connectivity index (χ3n) is 2.73. The van der Waals surface area contributed by atoms with Gasteiger partial charge in [-0.1, -0.05) is 0 Å². The van der Waals surface area contributed by atoms with Crippen molar-refractivity contribution in [1.29, 1.82) is 0 Å². The number of carboxylic acids is 1. The summed E-state index contributed by atoms with van der Waals surface area (Å²) in [5, 5.41) is 8.92. The van der Waals surface area contributed by atoms with E-state index in [4.69, 9.17) is 5.11 Å². The van der Waals surface area contributed by atoms with Crippen molar-refractivity contribution in [1.82, 2.24) is 0 Å². The highest BCUT2D eigenvalue weighted by Gasteiger charge is 2.36. The van der Waals surface area contributed by atoms with Crippen molar-refractivity contribution < 1.29 is 19.1 Å². The summed E-state index contributed by atoms with van der Waals surface area (Å²) in [6.07, 6.45) is -0.0361. The molecule has 0 aromatic heterocycles. The molecule has 1 aliphatic heterocycles. The molecule has 0 aliphatic carbocycles. The highest BCUT2D eigenvalue weighted by atomic mass is 79.9. The van der Waals surface area contributed by atoms with Crippen LogP contribution < -0.4 is 4.90 Å². The number of halogens is 3. The number of benzene rings is 1. The Hall–Kier alpha value is -0.950. The summed E-state index contributed by atoms with van der Waals surface area (Å²) in [7, 11) is 0. The number of carbonyl (C=O) groups excluding carboxylic acids is 1. The maximum absolute atomic E-state index is 13.1. The van der Waals surface area contributed by atoms with Crippen LogP contribution in [0.5, 0.6) is 0 Å². The van der Waals surface area contributed by atoms with Crippen LogP contribution in [0.1, 0.15) is 6.42 Å². The van der Waals surface area contributed by atoms with Gasteiger partial charge in [0.2, 0.25) is 5.91 Å². The highest BCUT2D eigenvalue weighted by Crippen LogP contribution is 2.38. The first kappa shape index (κ1) is 13.5. The Morgan fingerprint density at radius 3 is 2.39 bits per heavy atom. The molecule has 0 saturated carbocycles. The molecule has 1 amide bonds. The molecule has 1 aromatic carbocycles. The molecule has 0 radical (unpaired) electrons. The second kappa shape index (κ2) is 4.97. The number of aliphatic carboxylic acids is 1. The Kier molecular flexibility index (Phi) is 3.72. The molecule has 1 heterocycles. The van der Waals surface area contributed by atoms with Crippen molar-refractivity contribution in [3.05, 3.63) is 26.9 Å². The SMILES string of the molecule is O=C(O)C1CC(=O)N(c2c(Br)cc(F)cc2Br)C1. The topological polar surface area (TPSA) is 57.6 Å². The van der Waals surface area contributed by atoms with Gasteiger partial charge >= 0.3 is 5.97 Å². The van der Waals surface area contributed by atoms with E-state index in [0.717, 1.165) is 0 Å². The smallest absolute Gasteiger partial charge is 0.308 e. The average molecular weight is 381 g/mol. The van der Waals surface area contributed by atoms with Gasteiger partial charge in [-0.2, -0.15) is 0 Å². The zero-order valence-corrected chi connectivity index (χ0v) is 12.2. The first-order valence-corrected chi connectivity index (χ1v) is 6.66. The normalized spacial score (nSPS) is 19.4. The standard InChI is InChI=1S/C11H8Br2FNO3/c12-7-2-6(14)3-8(13)10(7)15-4-5(11(17)18)1-9(15)16/h2-3,5H,1,4H2,(H,17,18). The zero-order valence-electron chi connectivity index (χ0n) is 8.99. The van der Waals surface area contributed by atoms with E-state index in [-0.39, 0.29) is 18.9 Å². The van der Waals surface area contributed by atoms with Gasteiger partial charge < -0.3 is 10.0 Å². The molecule has 0 bridgehead atoms. The van der Waals surface area contributed by atoms with E-state index in [2.05, 4.69) is 31.9 Å². The molecule has 1 atom stereocenters. The van der Waals surface area contributed by atoms with Gasteiger partial charge in [0.1, 0.15) is 5.82 Å². The van der Waals surface area contributed by atoms with Crippen LogP contribution in [0.4, 0.5) is 10.1 Å². The minimum Gasteiger partial charge on any atom is -0.481 e. The van der Waals surface area contributed by atoms with Gasteiger partial charge in [0.15, 0.2) is 0 Å². The average Bonchev–Trinajstić information content (AvgIpc) is 2.59. The lowest BCUT2D eigenvalue weighted by molar-refractivity contribution is -0.141. The van der Waals surface area contributed by atoms with Crippen molar-refractivity contribution in [2.75, 3.05) is 11.4 Å². The fourth-order valence-corrected chi connectivity index (χ4v) is 3.44. The minimum absolute atomic E-state index is 0.0361. The van der Waals surface area contributed by atoms with Crippen molar-refractivity contribution in [3.63, 3.8) is 0 Å². The van der Waals surface area contributed by atoms with E-state index < -0.39 is 17.7 Å². The molecule has 1 aliphatic rings. The number of anilines is 1. The first-order valence-electron chi connectivity index (χ1n) is 5.08. The van der Waals surface area contributed by atoms with E-state index in [0.29, 0.717) is 14.6 Å². The maximum atomic E-state index is 13.1. The Bertz CT molecular complexity index is 512. The van der Waals surface area contributed by atoms with E-state index in [1.807, 2.05) is 0 Å². The van der Waals surface area contributed by atoms with Crippen LogP contribution >= 0.6 is 31.9 Å². The third kappa shape index (κ3) is 2.42. The molecule has 1 saturated heterocycles. The summed E-state index contributed by atoms with van der Waals surface area (Å²) in [6, 6.07) is 2.48. The van der Waals surface area contributed by atoms with E-state index >= 15 is 0 Å². The molecule has 0 spiro atoms. The Labute approximate surface area is 119 Å². The van der Waals surface area contributed by atoms with Crippen molar-refractivity contribution in [2.45, 2.75) is 6.42 Å². The molecule has 7 heteroatoms. The van der Waals surface area contributed by atoms with Gasteiger partial charge in [0.25, 0.3) is 0 Å². The molecule has 1 N–H and O–H groups in total. The zero-order chi connectivity index (χ0) is 13.4. The lowest BCUT2D eigenvalue weighted by Gasteiger charge is -2.19. The number of nitrogens with zero attached hydrogens (tertiary/aromatic N) is 1. The first-order chi connectivity index (χ1) is 8.40. The second-order valence-corrected chi connectivity index (χ2v) is 5.67. The van der Waals surface area contributed by atoms with Gasteiger partial charge in [0.05, 0.1) is 11.6 Å². The van der Waals surface area contributed by atoms with Gasteiger partial charge in [-0.05, 0) is 44.0 Å². The fourth-order valence-electron chi connectivity index (χ4n) is 1.88. The number of carboxylic acid groups (broad SMARTS) is 1. The van der Waals surface area contributed by atoms with E-state index in [1.165, 1.54) is 17.0 Å². The molecule has 1 aromatic rings. The molecular formula is C11H8Br2FNO3. The Morgan fingerprint density at radius 1 is 1.39 bits per heavy atom. The maximum Gasteiger partial charge on any atom is 0.308 e. The number of rotatable bonds is 2. The number of amides is 1. The van der Waals surface area contributed by atoms with Crippen LogP contribution in [0.2, 0.25) is 0 Å². The molecule has 2 rings (SSSR count). The molecule has 1 fully saturated rings. The summed E-state index contributed by atoms with van der Waals surface area (Å²) < 4.78 is 14.0. The molecule has 4 nitrogen and oxygen atoms in total. The second-order valence-electron chi connectivity index (χ2n) is 3.96. The summed E-state index contributed by atoms with van der Waals surface area (Å²) in [5.74, 6) is -2.45. The number of hydrogen-bond donors (Lipinski definition) is 1. The lowest BCUT2D eigenvalue weighted by Crippen LogP contribution is -2.26. The predicted molar refractivity (Wildman–Crippen MR) is 69.9 cm³/mol. The van der Waals surface area contributed by atoms with Crippen LogP contribution in [0.3, 0.4) is 0 Å².